The molecule has 0 bridgehead atoms. The molecule has 1 unspecified atom stereocenters. The Morgan fingerprint density at radius 1 is 1.29 bits per heavy atom. The number of halogens is 1. The van der Waals surface area contributed by atoms with E-state index in [-0.39, 0.29) is 17.2 Å². The number of hydrogen-bond donors (Lipinski definition) is 2. The highest BCUT2D eigenvalue weighted by Gasteiger charge is 2.23. The third-order valence-corrected chi connectivity index (χ3v) is 3.38. The third-order valence-electron chi connectivity index (χ3n) is 3.38. The van der Waals surface area contributed by atoms with Gasteiger partial charge in [-0.05, 0) is 58.6 Å². The van der Waals surface area contributed by atoms with Gasteiger partial charge < -0.3 is 10.2 Å². The number of rotatable bonds is 1. The van der Waals surface area contributed by atoms with Gasteiger partial charge in [-0.3, -0.25) is 0 Å². The first-order chi connectivity index (χ1) is 9.73. The highest BCUT2D eigenvalue weighted by atomic mass is 19.1. The van der Waals surface area contributed by atoms with E-state index in [0.717, 1.165) is 19.3 Å². The molecule has 1 atom stereocenters. The smallest absolute Gasteiger partial charge is 0.168 e. The number of phenols is 2. The Morgan fingerprint density at radius 3 is 2.38 bits per heavy atom. The second-order valence-corrected chi connectivity index (χ2v) is 6.01. The van der Waals surface area contributed by atoms with E-state index in [1.807, 2.05) is 26.8 Å². The minimum absolute atomic E-state index is 0.0163. The molecule has 0 heterocycles. The van der Waals surface area contributed by atoms with Gasteiger partial charge in [0.1, 0.15) is 5.75 Å². The lowest BCUT2D eigenvalue weighted by Gasteiger charge is -2.22. The van der Waals surface area contributed by atoms with Gasteiger partial charge in [-0.1, -0.05) is 17.2 Å². The summed E-state index contributed by atoms with van der Waals surface area (Å²) in [6.45, 7) is 11.0. The number of aromatic hydroxyl groups is 2. The van der Waals surface area contributed by atoms with Gasteiger partial charge in [0.05, 0.1) is 0 Å². The summed E-state index contributed by atoms with van der Waals surface area (Å²) in [6.07, 6.45) is 4.88. The number of hydrogen-bond acceptors (Lipinski definition) is 2. The molecule has 1 aliphatic carbocycles. The monoisotopic (exact) mass is 292 g/mol. The molecule has 0 fully saturated rings. The number of allylic oxidation sites excluding steroid dienone is 3. The Morgan fingerprint density at radius 2 is 1.86 bits per heavy atom. The summed E-state index contributed by atoms with van der Waals surface area (Å²) in [4.78, 5) is 0. The van der Waals surface area contributed by atoms with Crippen molar-refractivity contribution in [1.29, 1.82) is 0 Å². The van der Waals surface area contributed by atoms with Gasteiger partial charge in [0.25, 0.3) is 0 Å². The van der Waals surface area contributed by atoms with Gasteiger partial charge in [0, 0.05) is 11.5 Å². The predicted octanol–water partition coefficient (Wildman–Crippen LogP) is 5.34. The van der Waals surface area contributed by atoms with Crippen LogP contribution in [0, 0.1) is 12.7 Å². The van der Waals surface area contributed by atoms with Crippen molar-refractivity contribution in [1.82, 2.24) is 0 Å². The summed E-state index contributed by atoms with van der Waals surface area (Å²) in [7, 11) is 0. The Kier molecular flexibility index (Phi) is 6.01. The molecule has 0 aromatic heterocycles. The molecule has 0 amide bonds. The maximum absolute atomic E-state index is 13.6. The van der Waals surface area contributed by atoms with Crippen molar-refractivity contribution in [3.63, 3.8) is 0 Å². The van der Waals surface area contributed by atoms with Crippen molar-refractivity contribution < 1.29 is 14.6 Å². The van der Waals surface area contributed by atoms with Gasteiger partial charge in [-0.2, -0.15) is 0 Å². The molecule has 1 aromatic rings. The van der Waals surface area contributed by atoms with Crippen molar-refractivity contribution in [3.8, 4) is 11.5 Å². The van der Waals surface area contributed by atoms with Gasteiger partial charge >= 0.3 is 0 Å². The normalized spacial score (nSPS) is 17.6. The Balaban J connectivity index is 0.000000491. The fourth-order valence-electron chi connectivity index (χ4n) is 2.48. The zero-order valence-electron chi connectivity index (χ0n) is 13.3. The lowest BCUT2D eigenvalue weighted by atomic mass is 9.84. The van der Waals surface area contributed by atoms with Crippen LogP contribution in [0.1, 0.15) is 57.1 Å². The van der Waals surface area contributed by atoms with Crippen LogP contribution in [0.3, 0.4) is 0 Å². The van der Waals surface area contributed by atoms with Crippen LogP contribution in [-0.2, 0) is 0 Å². The van der Waals surface area contributed by atoms with E-state index in [1.165, 1.54) is 24.1 Å². The fourth-order valence-corrected chi connectivity index (χ4v) is 2.48. The first kappa shape index (κ1) is 17.3. The van der Waals surface area contributed by atoms with E-state index < -0.39 is 11.6 Å². The van der Waals surface area contributed by atoms with Crippen LogP contribution in [0.5, 0.6) is 11.5 Å². The molecular formula is C18H25FO2. The van der Waals surface area contributed by atoms with Gasteiger partial charge in [-0.25, -0.2) is 4.39 Å². The Hall–Kier alpha value is -1.77. The average molecular weight is 292 g/mol. The van der Waals surface area contributed by atoms with Crippen LogP contribution < -0.4 is 0 Å². The summed E-state index contributed by atoms with van der Waals surface area (Å²) < 4.78 is 13.6. The van der Waals surface area contributed by atoms with E-state index >= 15 is 0 Å². The molecule has 0 saturated carbocycles. The highest BCUT2D eigenvalue weighted by molar-refractivity contribution is 5.51. The molecule has 2 N–H and O–H groups in total. The van der Waals surface area contributed by atoms with Gasteiger partial charge in [-0.15, -0.1) is 6.58 Å². The molecule has 0 spiro atoms. The first-order valence-electron chi connectivity index (χ1n) is 7.24. The Labute approximate surface area is 126 Å². The maximum Gasteiger partial charge on any atom is 0.168 e. The molecule has 2 nitrogen and oxygen atoms in total. The minimum atomic E-state index is -0.630. The quantitative estimate of drug-likeness (QED) is 0.686. The highest BCUT2D eigenvalue weighted by Crippen LogP contribution is 2.42. The standard InChI is InChI=1S/C14H17FO2.C4H8/c1-8-4-3-5-10(6-8)12-11(16)7-9(2)13(15)14(12)17;1-4(2)3/h6-7,10,16-17H,3-5H2,1-2H3;1H2,2-3H3. The molecular weight excluding hydrogens is 267 g/mol. The molecule has 2 rings (SSSR count). The lowest BCUT2D eigenvalue weighted by Crippen LogP contribution is -2.04. The Bertz CT molecular complexity index is 555. The molecule has 1 aliphatic rings. The zero-order chi connectivity index (χ0) is 16.2. The molecule has 0 saturated heterocycles. The molecule has 116 valence electrons. The van der Waals surface area contributed by atoms with E-state index in [0.29, 0.717) is 5.56 Å². The van der Waals surface area contributed by atoms with E-state index in [9.17, 15) is 14.6 Å². The van der Waals surface area contributed by atoms with Gasteiger partial charge in [0.2, 0.25) is 0 Å². The largest absolute Gasteiger partial charge is 0.507 e. The summed E-state index contributed by atoms with van der Waals surface area (Å²) in [5, 5.41) is 19.7. The summed E-state index contributed by atoms with van der Waals surface area (Å²) >= 11 is 0. The van der Waals surface area contributed by atoms with Crippen molar-refractivity contribution >= 4 is 0 Å². The summed E-state index contributed by atoms with van der Waals surface area (Å²) in [5.74, 6) is -1.14. The summed E-state index contributed by atoms with van der Waals surface area (Å²) in [6, 6.07) is 1.38. The van der Waals surface area contributed by atoms with Crippen molar-refractivity contribution in [2.45, 2.75) is 52.9 Å². The van der Waals surface area contributed by atoms with Crippen molar-refractivity contribution in [2.75, 3.05) is 0 Å². The van der Waals surface area contributed by atoms with Crippen LogP contribution in [0.25, 0.3) is 0 Å². The third kappa shape index (κ3) is 4.62. The average Bonchev–Trinajstić information content (AvgIpc) is 2.35. The molecule has 21 heavy (non-hydrogen) atoms. The van der Waals surface area contributed by atoms with Crippen LogP contribution >= 0.6 is 0 Å². The molecule has 0 radical (unpaired) electrons. The van der Waals surface area contributed by atoms with E-state index in [4.69, 9.17) is 0 Å². The maximum atomic E-state index is 13.6. The van der Waals surface area contributed by atoms with Crippen LogP contribution in [0.4, 0.5) is 4.39 Å². The molecule has 0 aliphatic heterocycles. The number of phenolic OH excluding ortho intramolecular Hbond substituents is 2. The minimum Gasteiger partial charge on any atom is -0.507 e. The van der Waals surface area contributed by atoms with Crippen LogP contribution in [0.2, 0.25) is 0 Å². The summed E-state index contributed by atoms with van der Waals surface area (Å²) in [5.41, 5.74) is 2.98. The molecule has 1 aromatic carbocycles. The van der Waals surface area contributed by atoms with E-state index in [1.54, 1.807) is 0 Å². The van der Waals surface area contributed by atoms with Crippen molar-refractivity contribution in [2.24, 2.45) is 0 Å². The lowest BCUT2D eigenvalue weighted by molar-refractivity contribution is 0.399. The topological polar surface area (TPSA) is 40.5 Å². The first-order valence-corrected chi connectivity index (χ1v) is 7.24. The predicted molar refractivity (Wildman–Crippen MR) is 85.3 cm³/mol. The fraction of sp³-hybridized carbons (Fsp3) is 0.444. The number of benzene rings is 1. The van der Waals surface area contributed by atoms with Gasteiger partial charge in [0.15, 0.2) is 11.6 Å². The van der Waals surface area contributed by atoms with Crippen LogP contribution in [0.15, 0.2) is 29.9 Å². The van der Waals surface area contributed by atoms with Crippen molar-refractivity contribution in [3.05, 3.63) is 46.8 Å². The number of aryl methyl sites for hydroxylation is 1. The molecule has 3 heteroatoms. The zero-order valence-corrected chi connectivity index (χ0v) is 13.3. The SMILES string of the molecule is C=C(C)C.CC1=CC(c2c(O)cc(C)c(F)c2O)CCC1. The van der Waals surface area contributed by atoms with E-state index in [2.05, 4.69) is 6.58 Å². The van der Waals surface area contributed by atoms with Crippen LogP contribution in [-0.4, -0.2) is 10.2 Å². The second-order valence-electron chi connectivity index (χ2n) is 6.01. The second kappa shape index (κ2) is 7.30.